The number of carbonyl (C=O) groups excluding carboxylic acids is 2. The molecule has 3 rings (SSSR count). The number of esters is 1. The Labute approximate surface area is 167 Å². The number of para-hydroxylation sites is 2. The molecule has 0 aliphatic heterocycles. The molecule has 2 aromatic carbocycles. The second-order valence-corrected chi connectivity index (χ2v) is 7.63. The van der Waals surface area contributed by atoms with Crippen molar-refractivity contribution in [3.63, 3.8) is 0 Å². The maximum absolute atomic E-state index is 12.0. The summed E-state index contributed by atoms with van der Waals surface area (Å²) < 4.78 is 11.4. The van der Waals surface area contributed by atoms with Gasteiger partial charge in [0.25, 0.3) is 5.91 Å². The fourth-order valence-corrected chi connectivity index (χ4v) is 3.60. The number of thiazole rings is 1. The molecule has 0 aliphatic rings. The standard InChI is InChI=1S/C21H22N2O4S/c1-14(2)15-7-3-4-8-16(15)22-19(24)11-27-21(25)13-26-12-20-23-17-9-5-6-10-18(17)28-20/h3-10,14H,11-13H2,1-2H3,(H,22,24). The van der Waals surface area contributed by atoms with Crippen molar-refractivity contribution >= 4 is 39.1 Å². The Morgan fingerprint density at radius 2 is 1.82 bits per heavy atom. The van der Waals surface area contributed by atoms with Crippen LogP contribution in [0, 0.1) is 0 Å². The molecule has 0 bridgehead atoms. The van der Waals surface area contributed by atoms with Gasteiger partial charge in [-0.3, -0.25) is 4.79 Å². The molecule has 1 aromatic heterocycles. The van der Waals surface area contributed by atoms with Crippen LogP contribution in [0.25, 0.3) is 10.2 Å². The van der Waals surface area contributed by atoms with E-state index in [1.807, 2.05) is 62.4 Å². The highest BCUT2D eigenvalue weighted by Crippen LogP contribution is 2.23. The van der Waals surface area contributed by atoms with Crippen LogP contribution in [0.5, 0.6) is 0 Å². The van der Waals surface area contributed by atoms with Crippen LogP contribution >= 0.6 is 11.3 Å². The van der Waals surface area contributed by atoms with Crippen LogP contribution < -0.4 is 5.32 Å². The summed E-state index contributed by atoms with van der Waals surface area (Å²) in [5, 5.41) is 3.57. The number of nitrogens with zero attached hydrogens (tertiary/aromatic N) is 1. The number of fused-ring (bicyclic) bond motifs is 1. The second kappa shape index (κ2) is 9.43. The van der Waals surface area contributed by atoms with Crippen LogP contribution in [0.2, 0.25) is 0 Å². The average molecular weight is 398 g/mol. The van der Waals surface area contributed by atoms with E-state index in [1.54, 1.807) is 0 Å². The Morgan fingerprint density at radius 1 is 1.07 bits per heavy atom. The van der Waals surface area contributed by atoms with Gasteiger partial charge in [0, 0.05) is 5.69 Å². The largest absolute Gasteiger partial charge is 0.454 e. The van der Waals surface area contributed by atoms with Crippen LogP contribution in [0.15, 0.2) is 48.5 Å². The monoisotopic (exact) mass is 398 g/mol. The number of hydrogen-bond acceptors (Lipinski definition) is 6. The Bertz CT molecular complexity index is 935. The quantitative estimate of drug-likeness (QED) is 0.578. The Morgan fingerprint density at radius 3 is 2.61 bits per heavy atom. The number of anilines is 1. The van der Waals surface area contributed by atoms with Gasteiger partial charge in [-0.05, 0) is 29.7 Å². The number of ether oxygens (including phenoxy) is 2. The molecule has 3 aromatic rings. The van der Waals surface area contributed by atoms with E-state index in [-0.39, 0.29) is 31.6 Å². The van der Waals surface area contributed by atoms with E-state index in [0.29, 0.717) is 0 Å². The van der Waals surface area contributed by atoms with Gasteiger partial charge in [-0.1, -0.05) is 44.2 Å². The molecule has 0 saturated carbocycles. The first-order valence-electron chi connectivity index (χ1n) is 8.99. The highest BCUT2D eigenvalue weighted by atomic mass is 32.1. The van der Waals surface area contributed by atoms with Gasteiger partial charge in [0.2, 0.25) is 0 Å². The second-order valence-electron chi connectivity index (χ2n) is 6.52. The molecule has 0 atom stereocenters. The smallest absolute Gasteiger partial charge is 0.332 e. The number of benzene rings is 2. The summed E-state index contributed by atoms with van der Waals surface area (Å²) >= 11 is 1.52. The summed E-state index contributed by atoms with van der Waals surface area (Å²) in [6.45, 7) is 3.74. The molecule has 0 radical (unpaired) electrons. The SMILES string of the molecule is CC(C)c1ccccc1NC(=O)COC(=O)COCc1nc2ccccc2s1. The first-order valence-corrected chi connectivity index (χ1v) is 9.81. The number of carbonyl (C=O) groups is 2. The summed E-state index contributed by atoms with van der Waals surface area (Å²) in [6.07, 6.45) is 0. The van der Waals surface area contributed by atoms with Crippen LogP contribution in [0.3, 0.4) is 0 Å². The number of nitrogens with one attached hydrogen (secondary N) is 1. The van der Waals surface area contributed by atoms with Crippen molar-refractivity contribution in [3.05, 3.63) is 59.1 Å². The molecule has 7 heteroatoms. The zero-order valence-corrected chi connectivity index (χ0v) is 16.6. The molecule has 0 saturated heterocycles. The fraction of sp³-hybridized carbons (Fsp3) is 0.286. The Kier molecular flexibility index (Phi) is 6.73. The topological polar surface area (TPSA) is 77.5 Å². The van der Waals surface area contributed by atoms with E-state index in [2.05, 4.69) is 10.3 Å². The summed E-state index contributed by atoms with van der Waals surface area (Å²) in [4.78, 5) is 28.3. The molecule has 0 aliphatic carbocycles. The first-order chi connectivity index (χ1) is 13.5. The highest BCUT2D eigenvalue weighted by molar-refractivity contribution is 7.18. The molecule has 0 fully saturated rings. The van der Waals surface area contributed by atoms with E-state index in [9.17, 15) is 9.59 Å². The number of hydrogen-bond donors (Lipinski definition) is 1. The van der Waals surface area contributed by atoms with Gasteiger partial charge in [-0.2, -0.15) is 0 Å². The van der Waals surface area contributed by atoms with Crippen molar-refractivity contribution in [3.8, 4) is 0 Å². The van der Waals surface area contributed by atoms with Gasteiger partial charge in [0.15, 0.2) is 6.61 Å². The summed E-state index contributed by atoms with van der Waals surface area (Å²) in [6, 6.07) is 15.4. The Balaban J connectivity index is 1.41. The van der Waals surface area contributed by atoms with Crippen molar-refractivity contribution in [2.45, 2.75) is 26.4 Å². The van der Waals surface area contributed by atoms with Crippen molar-refractivity contribution in [1.82, 2.24) is 4.98 Å². The van der Waals surface area contributed by atoms with E-state index in [0.717, 1.165) is 26.5 Å². The molecule has 6 nitrogen and oxygen atoms in total. The van der Waals surface area contributed by atoms with Crippen LogP contribution in [0.1, 0.15) is 30.3 Å². The van der Waals surface area contributed by atoms with Crippen LogP contribution in [-0.4, -0.2) is 30.1 Å². The predicted molar refractivity (Wildman–Crippen MR) is 109 cm³/mol. The molecule has 1 N–H and O–H groups in total. The van der Waals surface area contributed by atoms with Gasteiger partial charge in [-0.15, -0.1) is 11.3 Å². The van der Waals surface area contributed by atoms with E-state index >= 15 is 0 Å². The van der Waals surface area contributed by atoms with Crippen molar-refractivity contribution in [2.24, 2.45) is 0 Å². The normalized spacial score (nSPS) is 11.0. The molecule has 28 heavy (non-hydrogen) atoms. The number of aromatic nitrogens is 1. The molecular formula is C21H22N2O4S. The van der Waals surface area contributed by atoms with E-state index < -0.39 is 5.97 Å². The van der Waals surface area contributed by atoms with Crippen molar-refractivity contribution in [1.29, 1.82) is 0 Å². The maximum atomic E-state index is 12.0. The summed E-state index contributed by atoms with van der Waals surface area (Å²) in [5.74, 6) is -0.698. The molecule has 1 heterocycles. The van der Waals surface area contributed by atoms with Crippen LogP contribution in [0.4, 0.5) is 5.69 Å². The third kappa shape index (κ3) is 5.37. The Hall–Kier alpha value is -2.77. The van der Waals surface area contributed by atoms with Gasteiger partial charge >= 0.3 is 5.97 Å². The lowest BCUT2D eigenvalue weighted by molar-refractivity contribution is -0.152. The average Bonchev–Trinajstić information content (AvgIpc) is 3.09. The maximum Gasteiger partial charge on any atom is 0.332 e. The predicted octanol–water partition coefficient (Wildman–Crippen LogP) is 4.12. The first kappa shape index (κ1) is 20.0. The number of rotatable bonds is 8. The minimum absolute atomic E-state index is 0.225. The summed E-state index contributed by atoms with van der Waals surface area (Å²) in [7, 11) is 0. The fourth-order valence-electron chi connectivity index (χ4n) is 2.69. The van der Waals surface area contributed by atoms with Gasteiger partial charge in [0.1, 0.15) is 11.6 Å². The molecule has 1 amide bonds. The lowest BCUT2D eigenvalue weighted by Crippen LogP contribution is -2.23. The molecule has 0 unspecified atom stereocenters. The molecule has 0 spiro atoms. The van der Waals surface area contributed by atoms with Gasteiger partial charge in [0.05, 0.1) is 16.8 Å². The lowest BCUT2D eigenvalue weighted by atomic mass is 10.0. The van der Waals surface area contributed by atoms with Crippen LogP contribution in [-0.2, 0) is 25.7 Å². The van der Waals surface area contributed by atoms with Crippen molar-refractivity contribution in [2.75, 3.05) is 18.5 Å². The zero-order valence-electron chi connectivity index (χ0n) is 15.8. The molecular weight excluding hydrogens is 376 g/mol. The molecule has 146 valence electrons. The highest BCUT2D eigenvalue weighted by Gasteiger charge is 2.12. The minimum Gasteiger partial charge on any atom is -0.454 e. The van der Waals surface area contributed by atoms with Gasteiger partial charge in [-0.25, -0.2) is 9.78 Å². The van der Waals surface area contributed by atoms with E-state index in [1.165, 1.54) is 11.3 Å². The third-order valence-corrected chi connectivity index (χ3v) is 5.01. The summed E-state index contributed by atoms with van der Waals surface area (Å²) in [5.41, 5.74) is 2.67. The third-order valence-electron chi connectivity index (χ3n) is 4.00. The lowest BCUT2D eigenvalue weighted by Gasteiger charge is -2.13. The van der Waals surface area contributed by atoms with Crippen molar-refractivity contribution < 1.29 is 19.1 Å². The number of amides is 1. The zero-order chi connectivity index (χ0) is 19.9. The minimum atomic E-state index is -0.589. The van der Waals surface area contributed by atoms with E-state index in [4.69, 9.17) is 9.47 Å². The van der Waals surface area contributed by atoms with Gasteiger partial charge < -0.3 is 14.8 Å².